The van der Waals surface area contributed by atoms with Crippen LogP contribution in [0.1, 0.15) is 5.56 Å². The Bertz CT molecular complexity index is 608. The number of nitrogens with one attached hydrogen (secondary N) is 1. The maximum Gasteiger partial charge on any atom is 0.238 e. The number of benzene rings is 1. The van der Waals surface area contributed by atoms with E-state index in [2.05, 4.69) is 10.7 Å². The quantitative estimate of drug-likeness (QED) is 0.813. The number of carbonyl (C=O) groups is 1. The Morgan fingerprint density at radius 1 is 1.43 bits per heavy atom. The molecule has 2 aromatic rings. The smallest absolute Gasteiger partial charge is 0.238 e. The van der Waals surface area contributed by atoms with E-state index >= 15 is 0 Å². The minimum atomic E-state index is -0.177. The molecule has 3 N–H and O–H groups in total. The van der Waals surface area contributed by atoms with Gasteiger partial charge in [0.15, 0.2) is 0 Å². The summed E-state index contributed by atoms with van der Waals surface area (Å²) in [7, 11) is 1.88. The highest BCUT2D eigenvalue weighted by atomic mass is 35.5. The van der Waals surface area contributed by atoms with E-state index < -0.39 is 0 Å². The molecule has 0 aliphatic carbocycles. The van der Waals surface area contributed by atoms with Crippen molar-refractivity contribution in [3.63, 3.8) is 0 Å². The lowest BCUT2D eigenvalue weighted by Crippen LogP contribution is -2.30. The van der Waals surface area contributed by atoms with Crippen LogP contribution in [0.15, 0.2) is 29.0 Å². The molecule has 0 unspecified atom stereocenters. The number of nitrogens with zero attached hydrogens (tertiary/aromatic N) is 1. The summed E-state index contributed by atoms with van der Waals surface area (Å²) in [5.74, 6) is -0.177. The predicted octanol–water partition coefficient (Wildman–Crippen LogP) is 3.71. The number of nitrogen functional groups attached to an aromatic ring is 1. The first-order chi connectivity index (χ1) is 9.95. The molecular formula is C14H15Cl2N3OS. The van der Waals surface area contributed by atoms with Crippen molar-refractivity contribution in [1.82, 2.24) is 4.90 Å². The van der Waals surface area contributed by atoms with Crippen LogP contribution in [0.4, 0.5) is 11.4 Å². The van der Waals surface area contributed by atoms with Gasteiger partial charge in [-0.2, -0.15) is 11.3 Å². The van der Waals surface area contributed by atoms with E-state index in [9.17, 15) is 4.79 Å². The lowest BCUT2D eigenvalue weighted by Gasteiger charge is -2.16. The molecule has 0 atom stereocenters. The number of nitrogens with two attached hydrogens (primary N) is 1. The molecule has 0 fully saturated rings. The SMILES string of the molecule is CN(CC(=O)Nc1c(N)cc(Cl)cc1Cl)Cc1ccsc1. The number of thiophene rings is 1. The highest BCUT2D eigenvalue weighted by Crippen LogP contribution is 2.31. The molecule has 1 aromatic carbocycles. The molecule has 21 heavy (non-hydrogen) atoms. The van der Waals surface area contributed by atoms with Crippen molar-refractivity contribution in [2.24, 2.45) is 0 Å². The van der Waals surface area contributed by atoms with E-state index in [0.29, 0.717) is 28.0 Å². The van der Waals surface area contributed by atoms with Crippen LogP contribution in [-0.2, 0) is 11.3 Å². The second-order valence-electron chi connectivity index (χ2n) is 4.70. The zero-order valence-corrected chi connectivity index (χ0v) is 13.7. The van der Waals surface area contributed by atoms with Gasteiger partial charge in [-0.05, 0) is 41.6 Å². The van der Waals surface area contributed by atoms with Gasteiger partial charge in [-0.15, -0.1) is 0 Å². The summed E-state index contributed by atoms with van der Waals surface area (Å²) in [6.07, 6.45) is 0. The van der Waals surface area contributed by atoms with Gasteiger partial charge in [0.25, 0.3) is 0 Å². The molecule has 1 amide bonds. The molecule has 2 rings (SSSR count). The van der Waals surface area contributed by atoms with Crippen molar-refractivity contribution in [2.75, 3.05) is 24.6 Å². The van der Waals surface area contributed by atoms with Crippen LogP contribution in [0.2, 0.25) is 10.0 Å². The fourth-order valence-electron chi connectivity index (χ4n) is 1.90. The second-order valence-corrected chi connectivity index (χ2v) is 6.33. The Hall–Kier alpha value is -1.27. The third-order valence-electron chi connectivity index (χ3n) is 2.80. The zero-order chi connectivity index (χ0) is 15.4. The molecule has 0 saturated heterocycles. The molecule has 1 heterocycles. The van der Waals surface area contributed by atoms with Gasteiger partial charge in [0, 0.05) is 11.6 Å². The molecule has 0 spiro atoms. The fourth-order valence-corrected chi connectivity index (χ4v) is 3.12. The maximum absolute atomic E-state index is 12.0. The van der Waals surface area contributed by atoms with Crippen molar-refractivity contribution in [3.8, 4) is 0 Å². The van der Waals surface area contributed by atoms with E-state index in [1.807, 2.05) is 23.4 Å². The maximum atomic E-state index is 12.0. The number of rotatable bonds is 5. The van der Waals surface area contributed by atoms with Gasteiger partial charge in [-0.3, -0.25) is 9.69 Å². The van der Waals surface area contributed by atoms with E-state index in [4.69, 9.17) is 28.9 Å². The first-order valence-corrected chi connectivity index (χ1v) is 7.89. The van der Waals surface area contributed by atoms with Gasteiger partial charge < -0.3 is 11.1 Å². The van der Waals surface area contributed by atoms with Gasteiger partial charge in [-0.1, -0.05) is 23.2 Å². The van der Waals surface area contributed by atoms with Crippen LogP contribution in [0.25, 0.3) is 0 Å². The molecule has 0 saturated carbocycles. The highest BCUT2D eigenvalue weighted by molar-refractivity contribution is 7.07. The van der Waals surface area contributed by atoms with Crippen LogP contribution in [-0.4, -0.2) is 24.4 Å². The van der Waals surface area contributed by atoms with Gasteiger partial charge >= 0.3 is 0 Å². The topological polar surface area (TPSA) is 58.4 Å². The average molecular weight is 344 g/mol. The lowest BCUT2D eigenvalue weighted by molar-refractivity contribution is -0.117. The van der Waals surface area contributed by atoms with E-state index in [1.54, 1.807) is 23.5 Å². The van der Waals surface area contributed by atoms with Crippen LogP contribution in [0, 0.1) is 0 Å². The van der Waals surface area contributed by atoms with Gasteiger partial charge in [-0.25, -0.2) is 0 Å². The van der Waals surface area contributed by atoms with Gasteiger partial charge in [0.05, 0.1) is 22.9 Å². The number of anilines is 2. The Morgan fingerprint density at radius 3 is 2.81 bits per heavy atom. The Morgan fingerprint density at radius 2 is 2.19 bits per heavy atom. The van der Waals surface area contributed by atoms with Crippen molar-refractivity contribution in [1.29, 1.82) is 0 Å². The van der Waals surface area contributed by atoms with Gasteiger partial charge in [0.1, 0.15) is 0 Å². The third kappa shape index (κ3) is 4.61. The summed E-state index contributed by atoms with van der Waals surface area (Å²) >= 11 is 13.5. The highest BCUT2D eigenvalue weighted by Gasteiger charge is 2.12. The molecule has 0 aliphatic rings. The van der Waals surface area contributed by atoms with E-state index in [-0.39, 0.29) is 12.5 Å². The largest absolute Gasteiger partial charge is 0.397 e. The van der Waals surface area contributed by atoms with Crippen molar-refractivity contribution >= 4 is 51.8 Å². The number of halogens is 2. The second kappa shape index (κ2) is 7.13. The standard InChI is InChI=1S/C14H15Cl2N3OS/c1-19(6-9-2-3-21-8-9)7-13(20)18-14-11(16)4-10(15)5-12(14)17/h2-5,8H,6-7,17H2,1H3,(H,18,20). The number of amides is 1. The number of hydrogen-bond donors (Lipinski definition) is 2. The van der Waals surface area contributed by atoms with E-state index in [1.165, 1.54) is 5.56 Å². The third-order valence-corrected chi connectivity index (χ3v) is 4.04. The summed E-state index contributed by atoms with van der Waals surface area (Å²) in [5, 5.41) is 7.55. The summed E-state index contributed by atoms with van der Waals surface area (Å²) in [5.41, 5.74) is 7.74. The predicted molar refractivity (Wildman–Crippen MR) is 90.2 cm³/mol. The number of hydrogen-bond acceptors (Lipinski definition) is 4. The first kappa shape index (κ1) is 16.1. The number of likely N-dealkylation sites (N-methyl/N-ethyl adjacent to an activating group) is 1. The number of carbonyl (C=O) groups excluding carboxylic acids is 1. The van der Waals surface area contributed by atoms with Gasteiger partial charge in [0.2, 0.25) is 5.91 Å². The summed E-state index contributed by atoms with van der Waals surface area (Å²) < 4.78 is 0. The monoisotopic (exact) mass is 343 g/mol. The van der Waals surface area contributed by atoms with Crippen LogP contribution in [0.5, 0.6) is 0 Å². The summed E-state index contributed by atoms with van der Waals surface area (Å²) in [6, 6.07) is 5.13. The minimum Gasteiger partial charge on any atom is -0.397 e. The molecule has 0 aliphatic heterocycles. The molecule has 1 aromatic heterocycles. The lowest BCUT2D eigenvalue weighted by atomic mass is 10.2. The molecule has 4 nitrogen and oxygen atoms in total. The summed E-state index contributed by atoms with van der Waals surface area (Å²) in [4.78, 5) is 14.0. The molecule has 0 bridgehead atoms. The molecular weight excluding hydrogens is 329 g/mol. The first-order valence-electron chi connectivity index (χ1n) is 6.19. The molecule has 7 heteroatoms. The normalized spacial score (nSPS) is 10.9. The molecule has 112 valence electrons. The van der Waals surface area contributed by atoms with E-state index in [0.717, 1.165) is 0 Å². The Balaban J connectivity index is 1.95. The average Bonchev–Trinajstić information content (AvgIpc) is 2.86. The van der Waals surface area contributed by atoms with Crippen LogP contribution < -0.4 is 11.1 Å². The van der Waals surface area contributed by atoms with Crippen LogP contribution in [0.3, 0.4) is 0 Å². The summed E-state index contributed by atoms with van der Waals surface area (Å²) in [6.45, 7) is 0.953. The van der Waals surface area contributed by atoms with Crippen molar-refractivity contribution in [3.05, 3.63) is 44.6 Å². The van der Waals surface area contributed by atoms with Crippen molar-refractivity contribution in [2.45, 2.75) is 6.54 Å². The Kier molecular flexibility index (Phi) is 5.47. The van der Waals surface area contributed by atoms with Crippen LogP contribution >= 0.6 is 34.5 Å². The molecule has 0 radical (unpaired) electrons. The van der Waals surface area contributed by atoms with Crippen molar-refractivity contribution < 1.29 is 4.79 Å². The minimum absolute atomic E-state index is 0.177. The Labute approximate surface area is 137 Å². The zero-order valence-electron chi connectivity index (χ0n) is 11.4. The fraction of sp³-hybridized carbons (Fsp3) is 0.214.